The summed E-state index contributed by atoms with van der Waals surface area (Å²) in [4.78, 5) is 0. The van der Waals surface area contributed by atoms with E-state index >= 15 is 0 Å². The van der Waals surface area contributed by atoms with Gasteiger partial charge in [0.2, 0.25) is 0 Å². The quantitative estimate of drug-likeness (QED) is 0.681. The van der Waals surface area contributed by atoms with Gasteiger partial charge < -0.3 is 5.11 Å². The van der Waals surface area contributed by atoms with Crippen molar-refractivity contribution in [3.8, 4) is 0 Å². The van der Waals surface area contributed by atoms with Crippen LogP contribution < -0.4 is 0 Å². The van der Waals surface area contributed by atoms with E-state index in [-0.39, 0.29) is 6.10 Å². The Morgan fingerprint density at radius 3 is 2.92 bits per heavy atom. The predicted molar refractivity (Wildman–Crippen MR) is 43.4 cm³/mol. The average molecular weight is 167 g/mol. The Balaban J connectivity index is 1.95. The number of nitrogens with zero attached hydrogens (tertiary/aromatic N) is 3. The van der Waals surface area contributed by atoms with Crippen molar-refractivity contribution in [2.45, 2.75) is 25.4 Å². The summed E-state index contributed by atoms with van der Waals surface area (Å²) >= 11 is 0. The summed E-state index contributed by atoms with van der Waals surface area (Å²) in [6.45, 7) is 0. The van der Waals surface area contributed by atoms with Gasteiger partial charge in [0.05, 0.1) is 11.8 Å². The van der Waals surface area contributed by atoms with Gasteiger partial charge in [-0.05, 0) is 25.2 Å². The first-order valence-corrected chi connectivity index (χ1v) is 4.29. The summed E-state index contributed by atoms with van der Waals surface area (Å²) < 4.78 is 1.69. The summed E-state index contributed by atoms with van der Waals surface area (Å²) in [6.07, 6.45) is 4.75. The van der Waals surface area contributed by atoms with Crippen molar-refractivity contribution in [3.05, 3.63) is 11.9 Å². The molecule has 0 amide bonds. The molecule has 0 radical (unpaired) electrons. The van der Waals surface area contributed by atoms with Crippen LogP contribution in [0.15, 0.2) is 6.20 Å². The van der Waals surface area contributed by atoms with Gasteiger partial charge in [-0.1, -0.05) is 5.21 Å². The minimum absolute atomic E-state index is 0.105. The molecule has 4 heteroatoms. The largest absolute Gasteiger partial charge is 0.393 e. The highest BCUT2D eigenvalue weighted by atomic mass is 16.3. The summed E-state index contributed by atoms with van der Waals surface area (Å²) in [6, 6.07) is 0. The zero-order chi connectivity index (χ0) is 8.55. The van der Waals surface area contributed by atoms with Crippen molar-refractivity contribution < 1.29 is 5.11 Å². The summed E-state index contributed by atoms with van der Waals surface area (Å²) in [5, 5.41) is 17.1. The van der Waals surface area contributed by atoms with E-state index < -0.39 is 0 Å². The first-order valence-electron chi connectivity index (χ1n) is 4.29. The first-order chi connectivity index (χ1) is 5.75. The highest BCUT2D eigenvalue weighted by Gasteiger charge is 2.29. The second-order valence-corrected chi connectivity index (χ2v) is 3.49. The molecule has 0 aliphatic heterocycles. The standard InChI is InChI=1S/C8H13N3O/c1-11-5-7(9-10-11)4-6-2-3-8(6)12/h5-6,8,12H,2-4H2,1H3. The number of rotatable bonds is 2. The minimum atomic E-state index is -0.105. The van der Waals surface area contributed by atoms with E-state index in [1.165, 1.54) is 0 Å². The van der Waals surface area contributed by atoms with Gasteiger partial charge in [-0.25, -0.2) is 0 Å². The fourth-order valence-electron chi connectivity index (χ4n) is 1.55. The molecule has 4 nitrogen and oxygen atoms in total. The molecule has 0 spiro atoms. The highest BCUT2D eigenvalue weighted by molar-refractivity contribution is 4.97. The Bertz CT molecular complexity index is 271. The average Bonchev–Trinajstić information content (AvgIpc) is 2.44. The number of aryl methyl sites for hydroxylation is 1. The van der Waals surface area contributed by atoms with Gasteiger partial charge in [-0.3, -0.25) is 4.68 Å². The van der Waals surface area contributed by atoms with Crippen LogP contribution in [0.1, 0.15) is 18.5 Å². The molecular weight excluding hydrogens is 154 g/mol. The molecule has 1 aromatic heterocycles. The molecule has 2 rings (SSSR count). The fourth-order valence-corrected chi connectivity index (χ4v) is 1.55. The zero-order valence-electron chi connectivity index (χ0n) is 7.14. The van der Waals surface area contributed by atoms with Gasteiger partial charge in [0, 0.05) is 13.2 Å². The lowest BCUT2D eigenvalue weighted by molar-refractivity contribution is 0.0239. The van der Waals surface area contributed by atoms with Crippen LogP contribution >= 0.6 is 0 Å². The molecule has 1 fully saturated rings. The second kappa shape index (κ2) is 2.86. The maximum Gasteiger partial charge on any atom is 0.0830 e. The molecular formula is C8H13N3O. The summed E-state index contributed by atoms with van der Waals surface area (Å²) in [7, 11) is 1.85. The van der Waals surface area contributed by atoms with E-state index in [9.17, 15) is 5.11 Å². The normalized spacial score (nSPS) is 28.5. The third-order valence-corrected chi connectivity index (χ3v) is 2.50. The molecule has 0 saturated heterocycles. The monoisotopic (exact) mass is 167 g/mol. The number of aromatic nitrogens is 3. The topological polar surface area (TPSA) is 50.9 Å². The van der Waals surface area contributed by atoms with E-state index in [1.807, 2.05) is 13.2 Å². The van der Waals surface area contributed by atoms with Crippen molar-refractivity contribution in [2.24, 2.45) is 13.0 Å². The summed E-state index contributed by atoms with van der Waals surface area (Å²) in [5.41, 5.74) is 0.987. The molecule has 0 aromatic carbocycles. The lowest BCUT2D eigenvalue weighted by Gasteiger charge is -2.31. The van der Waals surface area contributed by atoms with Gasteiger partial charge in [-0.15, -0.1) is 5.10 Å². The molecule has 1 aliphatic carbocycles. The molecule has 1 heterocycles. The minimum Gasteiger partial charge on any atom is -0.393 e. The van der Waals surface area contributed by atoms with E-state index in [2.05, 4.69) is 10.3 Å². The number of aliphatic hydroxyl groups is 1. The van der Waals surface area contributed by atoms with Crippen LogP contribution in [-0.2, 0) is 13.5 Å². The van der Waals surface area contributed by atoms with Crippen LogP contribution in [0, 0.1) is 5.92 Å². The third-order valence-electron chi connectivity index (χ3n) is 2.50. The van der Waals surface area contributed by atoms with Crippen LogP contribution in [0.3, 0.4) is 0 Å². The van der Waals surface area contributed by atoms with Gasteiger partial charge in [0.1, 0.15) is 0 Å². The molecule has 1 aromatic rings. The van der Waals surface area contributed by atoms with Crippen LogP contribution in [0.25, 0.3) is 0 Å². The molecule has 2 atom stereocenters. The molecule has 1 N–H and O–H groups in total. The lowest BCUT2D eigenvalue weighted by atomic mass is 9.79. The highest BCUT2D eigenvalue weighted by Crippen LogP contribution is 2.29. The van der Waals surface area contributed by atoms with Gasteiger partial charge in [0.15, 0.2) is 0 Å². The Labute approximate surface area is 71.2 Å². The van der Waals surface area contributed by atoms with E-state index in [4.69, 9.17) is 0 Å². The maximum atomic E-state index is 9.32. The predicted octanol–water partition coefficient (Wildman–Crippen LogP) is 0.128. The fraction of sp³-hybridized carbons (Fsp3) is 0.750. The van der Waals surface area contributed by atoms with Crippen molar-refractivity contribution in [1.29, 1.82) is 0 Å². The van der Waals surface area contributed by atoms with Crippen LogP contribution in [-0.4, -0.2) is 26.2 Å². The van der Waals surface area contributed by atoms with Gasteiger partial charge in [-0.2, -0.15) is 0 Å². The van der Waals surface area contributed by atoms with Crippen LogP contribution in [0.5, 0.6) is 0 Å². The van der Waals surface area contributed by atoms with Crippen molar-refractivity contribution in [1.82, 2.24) is 15.0 Å². The lowest BCUT2D eigenvalue weighted by Crippen LogP contribution is -2.32. The van der Waals surface area contributed by atoms with Crippen LogP contribution in [0.2, 0.25) is 0 Å². The summed E-state index contributed by atoms with van der Waals surface area (Å²) in [5.74, 6) is 0.418. The molecule has 12 heavy (non-hydrogen) atoms. The van der Waals surface area contributed by atoms with Crippen LogP contribution in [0.4, 0.5) is 0 Å². The molecule has 0 bridgehead atoms. The second-order valence-electron chi connectivity index (χ2n) is 3.49. The molecule has 66 valence electrons. The van der Waals surface area contributed by atoms with Gasteiger partial charge in [0.25, 0.3) is 0 Å². The zero-order valence-corrected chi connectivity index (χ0v) is 7.14. The van der Waals surface area contributed by atoms with Crippen molar-refractivity contribution >= 4 is 0 Å². The Morgan fingerprint density at radius 2 is 2.50 bits per heavy atom. The first kappa shape index (κ1) is 7.73. The Morgan fingerprint density at radius 1 is 1.67 bits per heavy atom. The van der Waals surface area contributed by atoms with Crippen molar-refractivity contribution in [3.63, 3.8) is 0 Å². The molecule has 2 unspecified atom stereocenters. The van der Waals surface area contributed by atoms with E-state index in [0.29, 0.717) is 5.92 Å². The SMILES string of the molecule is Cn1cc(CC2CCC2O)nn1. The van der Waals surface area contributed by atoms with Gasteiger partial charge >= 0.3 is 0 Å². The van der Waals surface area contributed by atoms with E-state index in [0.717, 1.165) is 25.0 Å². The maximum absolute atomic E-state index is 9.32. The smallest absolute Gasteiger partial charge is 0.0830 e. The Hall–Kier alpha value is -0.900. The number of hydrogen-bond acceptors (Lipinski definition) is 3. The van der Waals surface area contributed by atoms with E-state index in [1.54, 1.807) is 4.68 Å². The molecule has 1 aliphatic rings. The molecule has 1 saturated carbocycles. The number of aliphatic hydroxyl groups excluding tert-OH is 1. The Kier molecular flexibility index (Phi) is 1.84. The van der Waals surface area contributed by atoms with Crippen molar-refractivity contribution in [2.75, 3.05) is 0 Å². The third kappa shape index (κ3) is 1.34. The number of hydrogen-bond donors (Lipinski definition) is 1.